The van der Waals surface area contributed by atoms with E-state index in [0.717, 1.165) is 43.0 Å². The van der Waals surface area contributed by atoms with Crippen LogP contribution in [-0.2, 0) is 5.41 Å². The normalized spacial score (nSPS) is 15.2. The van der Waals surface area contributed by atoms with E-state index in [1.807, 2.05) is 30.3 Å². The molecule has 6 heteroatoms. The van der Waals surface area contributed by atoms with Crippen molar-refractivity contribution < 1.29 is 9.18 Å². The lowest BCUT2D eigenvalue weighted by molar-refractivity contribution is 0.0931. The number of carbonyl (C=O) groups is 1. The highest BCUT2D eigenvalue weighted by Crippen LogP contribution is 2.25. The van der Waals surface area contributed by atoms with Crippen LogP contribution in [0.5, 0.6) is 0 Å². The highest BCUT2D eigenvalue weighted by Gasteiger charge is 2.23. The third kappa shape index (κ3) is 4.95. The summed E-state index contributed by atoms with van der Waals surface area (Å²) in [5, 5.41) is 10.6. The minimum absolute atomic E-state index is 0.0164. The Morgan fingerprint density at radius 1 is 1.06 bits per heavy atom. The standard InChI is InChI=1S/C25H29FN4O/c1-25(2,3)19-8-4-18(5-9-19)24(31)27-21-12-14-30(15-13-21)23-16-22(28-29-23)17-6-10-20(26)11-7-17/h4-11,16,21H,12-15H2,1-3H3,(H,27,31)(H,28,29). The summed E-state index contributed by atoms with van der Waals surface area (Å²) in [5.74, 6) is 0.608. The van der Waals surface area contributed by atoms with Gasteiger partial charge in [0, 0.05) is 30.8 Å². The number of aromatic amines is 1. The van der Waals surface area contributed by atoms with E-state index in [1.165, 1.54) is 17.7 Å². The lowest BCUT2D eigenvalue weighted by Crippen LogP contribution is -2.44. The van der Waals surface area contributed by atoms with Crippen LogP contribution in [0, 0.1) is 5.82 Å². The number of anilines is 1. The Hall–Kier alpha value is -3.15. The molecule has 0 bridgehead atoms. The van der Waals surface area contributed by atoms with Crippen molar-refractivity contribution in [3.63, 3.8) is 0 Å². The average molecular weight is 421 g/mol. The molecular weight excluding hydrogens is 391 g/mol. The maximum atomic E-state index is 13.1. The van der Waals surface area contributed by atoms with E-state index in [1.54, 1.807) is 12.1 Å². The molecule has 2 aromatic carbocycles. The van der Waals surface area contributed by atoms with Crippen molar-refractivity contribution in [1.82, 2.24) is 15.5 Å². The van der Waals surface area contributed by atoms with E-state index in [9.17, 15) is 9.18 Å². The number of amides is 1. The zero-order chi connectivity index (χ0) is 22.0. The largest absolute Gasteiger partial charge is 0.355 e. The second-order valence-electron chi connectivity index (χ2n) is 9.21. The number of rotatable bonds is 4. The monoisotopic (exact) mass is 420 g/mol. The number of hydrogen-bond acceptors (Lipinski definition) is 3. The van der Waals surface area contributed by atoms with Gasteiger partial charge in [-0.1, -0.05) is 32.9 Å². The quantitative estimate of drug-likeness (QED) is 0.630. The van der Waals surface area contributed by atoms with Crippen molar-refractivity contribution in [2.24, 2.45) is 0 Å². The van der Waals surface area contributed by atoms with Crippen LogP contribution < -0.4 is 10.2 Å². The van der Waals surface area contributed by atoms with Crippen LogP contribution in [0.4, 0.5) is 10.2 Å². The van der Waals surface area contributed by atoms with Crippen molar-refractivity contribution in [2.75, 3.05) is 18.0 Å². The van der Waals surface area contributed by atoms with Gasteiger partial charge in [0.15, 0.2) is 5.82 Å². The summed E-state index contributed by atoms with van der Waals surface area (Å²) >= 11 is 0. The van der Waals surface area contributed by atoms with Crippen LogP contribution in [0.25, 0.3) is 11.3 Å². The van der Waals surface area contributed by atoms with E-state index >= 15 is 0 Å². The van der Waals surface area contributed by atoms with Gasteiger partial charge in [0.25, 0.3) is 5.91 Å². The summed E-state index contributed by atoms with van der Waals surface area (Å²) in [6.45, 7) is 8.14. The molecule has 2 heterocycles. The fraction of sp³-hybridized carbons (Fsp3) is 0.360. The molecule has 0 spiro atoms. The minimum atomic E-state index is -0.252. The number of aromatic nitrogens is 2. The first-order valence-electron chi connectivity index (χ1n) is 10.8. The first-order valence-corrected chi connectivity index (χ1v) is 10.8. The third-order valence-corrected chi connectivity index (χ3v) is 5.89. The van der Waals surface area contributed by atoms with Crippen molar-refractivity contribution in [2.45, 2.75) is 45.1 Å². The van der Waals surface area contributed by atoms with E-state index in [4.69, 9.17) is 0 Å². The SMILES string of the molecule is CC(C)(C)c1ccc(C(=O)NC2CCN(c3cc(-c4ccc(F)cc4)[nH]n3)CC2)cc1. The lowest BCUT2D eigenvalue weighted by Gasteiger charge is -2.32. The molecular formula is C25H29FN4O. The molecule has 0 saturated carbocycles. The summed E-state index contributed by atoms with van der Waals surface area (Å²) in [7, 11) is 0. The molecule has 3 aromatic rings. The van der Waals surface area contributed by atoms with E-state index in [0.29, 0.717) is 5.56 Å². The molecule has 1 aliphatic heterocycles. The maximum Gasteiger partial charge on any atom is 0.251 e. The second-order valence-corrected chi connectivity index (χ2v) is 9.21. The Labute approximate surface area is 182 Å². The van der Waals surface area contributed by atoms with Gasteiger partial charge in [-0.15, -0.1) is 0 Å². The minimum Gasteiger partial charge on any atom is -0.355 e. The maximum absolute atomic E-state index is 13.1. The number of hydrogen-bond donors (Lipinski definition) is 2. The summed E-state index contributed by atoms with van der Waals surface area (Å²) < 4.78 is 13.1. The van der Waals surface area contributed by atoms with Gasteiger partial charge in [-0.05, 0) is 65.8 Å². The Balaban J connectivity index is 1.32. The Morgan fingerprint density at radius 2 is 1.71 bits per heavy atom. The molecule has 1 aromatic heterocycles. The van der Waals surface area contributed by atoms with Crippen LogP contribution in [-0.4, -0.2) is 35.2 Å². The fourth-order valence-corrected chi connectivity index (χ4v) is 3.89. The Bertz CT molecular complexity index is 1030. The van der Waals surface area contributed by atoms with Gasteiger partial charge in [-0.2, -0.15) is 5.10 Å². The third-order valence-electron chi connectivity index (χ3n) is 5.89. The molecule has 0 aliphatic carbocycles. The molecule has 5 nitrogen and oxygen atoms in total. The molecule has 0 atom stereocenters. The van der Waals surface area contributed by atoms with Gasteiger partial charge in [-0.3, -0.25) is 9.89 Å². The summed E-state index contributed by atoms with van der Waals surface area (Å²) in [4.78, 5) is 14.9. The summed E-state index contributed by atoms with van der Waals surface area (Å²) in [5.41, 5.74) is 3.76. The number of H-pyrrole nitrogens is 1. The summed E-state index contributed by atoms with van der Waals surface area (Å²) in [6.07, 6.45) is 1.73. The van der Waals surface area contributed by atoms with Gasteiger partial charge in [0.2, 0.25) is 0 Å². The molecule has 2 N–H and O–H groups in total. The van der Waals surface area contributed by atoms with Crippen LogP contribution >= 0.6 is 0 Å². The molecule has 4 rings (SSSR count). The molecule has 162 valence electrons. The predicted molar refractivity (Wildman–Crippen MR) is 122 cm³/mol. The van der Waals surface area contributed by atoms with Crippen molar-refractivity contribution in [1.29, 1.82) is 0 Å². The topological polar surface area (TPSA) is 61.0 Å². The zero-order valence-electron chi connectivity index (χ0n) is 18.3. The number of piperidine rings is 1. The predicted octanol–water partition coefficient (Wildman–Crippen LogP) is 4.91. The van der Waals surface area contributed by atoms with Gasteiger partial charge >= 0.3 is 0 Å². The number of nitrogens with one attached hydrogen (secondary N) is 2. The number of carbonyl (C=O) groups excluding carboxylic acids is 1. The number of nitrogens with zero attached hydrogens (tertiary/aromatic N) is 2. The van der Waals surface area contributed by atoms with Crippen LogP contribution in [0.2, 0.25) is 0 Å². The molecule has 0 unspecified atom stereocenters. The fourth-order valence-electron chi connectivity index (χ4n) is 3.89. The van der Waals surface area contributed by atoms with Crippen molar-refractivity contribution in [3.05, 3.63) is 71.5 Å². The zero-order valence-corrected chi connectivity index (χ0v) is 18.3. The molecule has 1 fully saturated rings. The average Bonchev–Trinajstić information content (AvgIpc) is 3.24. The Kier molecular flexibility index (Phi) is 5.81. The number of halogens is 1. The van der Waals surface area contributed by atoms with Crippen molar-refractivity contribution in [3.8, 4) is 11.3 Å². The van der Waals surface area contributed by atoms with Gasteiger partial charge < -0.3 is 10.2 Å². The first-order chi connectivity index (χ1) is 14.8. The highest BCUT2D eigenvalue weighted by molar-refractivity contribution is 5.94. The van der Waals surface area contributed by atoms with Gasteiger partial charge in [-0.25, -0.2) is 4.39 Å². The second kappa shape index (κ2) is 8.53. The van der Waals surface area contributed by atoms with E-state index < -0.39 is 0 Å². The van der Waals surface area contributed by atoms with Crippen LogP contribution in [0.15, 0.2) is 54.6 Å². The lowest BCUT2D eigenvalue weighted by atomic mass is 9.86. The molecule has 0 radical (unpaired) electrons. The molecule has 1 aliphatic rings. The first kappa shape index (κ1) is 21.1. The van der Waals surface area contributed by atoms with Crippen LogP contribution in [0.1, 0.15) is 49.5 Å². The van der Waals surface area contributed by atoms with E-state index in [2.05, 4.69) is 41.2 Å². The Morgan fingerprint density at radius 3 is 2.32 bits per heavy atom. The molecule has 1 amide bonds. The highest BCUT2D eigenvalue weighted by atomic mass is 19.1. The molecule has 1 saturated heterocycles. The van der Waals surface area contributed by atoms with E-state index in [-0.39, 0.29) is 23.2 Å². The van der Waals surface area contributed by atoms with Crippen molar-refractivity contribution >= 4 is 11.7 Å². The number of benzene rings is 2. The van der Waals surface area contributed by atoms with Gasteiger partial charge in [0.1, 0.15) is 5.82 Å². The van der Waals surface area contributed by atoms with Gasteiger partial charge in [0.05, 0.1) is 5.69 Å². The smallest absolute Gasteiger partial charge is 0.251 e. The summed E-state index contributed by atoms with van der Waals surface area (Å²) in [6, 6.07) is 16.4. The van der Waals surface area contributed by atoms with Crippen LogP contribution in [0.3, 0.4) is 0 Å². The molecule has 31 heavy (non-hydrogen) atoms.